The highest BCUT2D eigenvalue weighted by Crippen LogP contribution is 2.14. The van der Waals surface area contributed by atoms with E-state index in [0.717, 1.165) is 6.42 Å². The molecule has 1 aromatic rings. The number of aromatic hydroxyl groups is 1. The summed E-state index contributed by atoms with van der Waals surface area (Å²) in [4.78, 5) is 0. The molecule has 15 heavy (non-hydrogen) atoms. The molecule has 0 heterocycles. The van der Waals surface area contributed by atoms with Crippen LogP contribution in [0.15, 0.2) is 24.3 Å². The number of phenolic OH excluding ortho intramolecular Hbond substituents is 1. The lowest BCUT2D eigenvalue weighted by Crippen LogP contribution is -2.23. The Morgan fingerprint density at radius 3 is 2.80 bits per heavy atom. The molecular formula is C13H21NO. The van der Waals surface area contributed by atoms with E-state index in [1.165, 1.54) is 24.8 Å². The summed E-state index contributed by atoms with van der Waals surface area (Å²) >= 11 is 0. The summed E-state index contributed by atoms with van der Waals surface area (Å²) in [6.07, 6.45) is 4.59. The third-order valence-corrected chi connectivity index (χ3v) is 2.83. The van der Waals surface area contributed by atoms with E-state index in [2.05, 4.69) is 18.3 Å². The Morgan fingerprint density at radius 1 is 1.40 bits per heavy atom. The molecular weight excluding hydrogens is 186 g/mol. The van der Waals surface area contributed by atoms with Crippen LogP contribution in [0.5, 0.6) is 5.75 Å². The second kappa shape index (κ2) is 6.46. The van der Waals surface area contributed by atoms with Crippen molar-refractivity contribution >= 4 is 0 Å². The number of hydrogen-bond acceptors (Lipinski definition) is 2. The molecule has 1 unspecified atom stereocenters. The van der Waals surface area contributed by atoms with Crippen LogP contribution >= 0.6 is 0 Å². The summed E-state index contributed by atoms with van der Waals surface area (Å²) in [6, 6.07) is 8.16. The lowest BCUT2D eigenvalue weighted by molar-refractivity contribution is 0.473. The van der Waals surface area contributed by atoms with Gasteiger partial charge in [-0.1, -0.05) is 19.1 Å². The van der Waals surface area contributed by atoms with E-state index in [0.29, 0.717) is 11.8 Å². The number of hydrogen-bond donors (Lipinski definition) is 2. The van der Waals surface area contributed by atoms with Gasteiger partial charge < -0.3 is 10.4 Å². The van der Waals surface area contributed by atoms with Crippen molar-refractivity contribution < 1.29 is 5.11 Å². The number of aryl methyl sites for hydroxylation is 1. The van der Waals surface area contributed by atoms with Crippen molar-refractivity contribution in [2.45, 2.75) is 38.6 Å². The van der Waals surface area contributed by atoms with Crippen molar-refractivity contribution in [3.8, 4) is 5.75 Å². The van der Waals surface area contributed by atoms with Crippen LogP contribution in [-0.4, -0.2) is 18.2 Å². The van der Waals surface area contributed by atoms with E-state index in [4.69, 9.17) is 0 Å². The average Bonchev–Trinajstić information content (AvgIpc) is 2.25. The zero-order valence-electron chi connectivity index (χ0n) is 9.66. The van der Waals surface area contributed by atoms with Gasteiger partial charge in [-0.05, 0) is 50.4 Å². The first kappa shape index (κ1) is 12.1. The molecule has 0 bridgehead atoms. The Labute approximate surface area is 92.3 Å². The van der Waals surface area contributed by atoms with Crippen molar-refractivity contribution in [3.63, 3.8) is 0 Å². The highest BCUT2D eigenvalue weighted by Gasteiger charge is 2.02. The second-order valence-electron chi connectivity index (χ2n) is 3.96. The molecule has 2 heteroatoms. The van der Waals surface area contributed by atoms with Crippen LogP contribution in [0.4, 0.5) is 0 Å². The van der Waals surface area contributed by atoms with Crippen molar-refractivity contribution in [2.24, 2.45) is 0 Å². The SMILES string of the molecule is CCC(CCCc1cccc(O)c1)NC. The second-order valence-corrected chi connectivity index (χ2v) is 3.96. The molecule has 1 rings (SSSR count). The Morgan fingerprint density at radius 2 is 2.20 bits per heavy atom. The topological polar surface area (TPSA) is 32.3 Å². The lowest BCUT2D eigenvalue weighted by Gasteiger charge is -2.13. The molecule has 0 aliphatic carbocycles. The van der Waals surface area contributed by atoms with Gasteiger partial charge in [-0.2, -0.15) is 0 Å². The molecule has 0 radical (unpaired) electrons. The predicted octanol–water partition coefficient (Wildman–Crippen LogP) is 2.71. The van der Waals surface area contributed by atoms with Crippen LogP contribution in [0.3, 0.4) is 0 Å². The molecule has 84 valence electrons. The summed E-state index contributed by atoms with van der Waals surface area (Å²) in [5.74, 6) is 0.369. The first-order valence-corrected chi connectivity index (χ1v) is 5.71. The highest BCUT2D eigenvalue weighted by molar-refractivity contribution is 5.27. The summed E-state index contributed by atoms with van der Waals surface area (Å²) in [5.41, 5.74) is 1.22. The Bertz CT molecular complexity index is 282. The minimum absolute atomic E-state index is 0.369. The van der Waals surface area contributed by atoms with E-state index >= 15 is 0 Å². The maximum absolute atomic E-state index is 9.30. The normalized spacial score (nSPS) is 12.7. The quantitative estimate of drug-likeness (QED) is 0.751. The highest BCUT2D eigenvalue weighted by atomic mass is 16.3. The number of phenols is 1. The monoisotopic (exact) mass is 207 g/mol. The molecule has 0 saturated heterocycles. The van der Waals surface area contributed by atoms with Gasteiger partial charge in [0.2, 0.25) is 0 Å². The molecule has 0 aliphatic heterocycles. The fourth-order valence-electron chi connectivity index (χ4n) is 1.82. The Kier molecular flexibility index (Phi) is 5.19. The molecule has 0 saturated carbocycles. The minimum Gasteiger partial charge on any atom is -0.508 e. The van der Waals surface area contributed by atoms with Crippen molar-refractivity contribution in [1.29, 1.82) is 0 Å². The molecule has 2 nitrogen and oxygen atoms in total. The van der Waals surface area contributed by atoms with E-state index < -0.39 is 0 Å². The molecule has 1 aromatic carbocycles. The Hall–Kier alpha value is -1.02. The smallest absolute Gasteiger partial charge is 0.115 e. The molecule has 0 aromatic heterocycles. The van der Waals surface area contributed by atoms with E-state index in [9.17, 15) is 5.11 Å². The average molecular weight is 207 g/mol. The van der Waals surface area contributed by atoms with Crippen molar-refractivity contribution in [1.82, 2.24) is 5.32 Å². The molecule has 0 spiro atoms. The largest absolute Gasteiger partial charge is 0.508 e. The van der Waals surface area contributed by atoms with Gasteiger partial charge in [0.05, 0.1) is 0 Å². The minimum atomic E-state index is 0.369. The Balaban J connectivity index is 2.31. The number of benzene rings is 1. The van der Waals surface area contributed by atoms with Crippen molar-refractivity contribution in [2.75, 3.05) is 7.05 Å². The van der Waals surface area contributed by atoms with Crippen molar-refractivity contribution in [3.05, 3.63) is 29.8 Å². The summed E-state index contributed by atoms with van der Waals surface area (Å²) < 4.78 is 0. The lowest BCUT2D eigenvalue weighted by atomic mass is 10.0. The van der Waals surface area contributed by atoms with Crippen LogP contribution in [0.2, 0.25) is 0 Å². The maximum Gasteiger partial charge on any atom is 0.115 e. The van der Waals surface area contributed by atoms with Crippen LogP contribution in [0.25, 0.3) is 0 Å². The maximum atomic E-state index is 9.30. The first-order valence-electron chi connectivity index (χ1n) is 5.71. The zero-order valence-corrected chi connectivity index (χ0v) is 9.66. The first-order chi connectivity index (χ1) is 7.26. The van der Waals surface area contributed by atoms with Gasteiger partial charge in [0, 0.05) is 6.04 Å². The van der Waals surface area contributed by atoms with Crippen LogP contribution in [-0.2, 0) is 6.42 Å². The summed E-state index contributed by atoms with van der Waals surface area (Å²) in [5, 5.41) is 12.6. The van der Waals surface area contributed by atoms with Gasteiger partial charge >= 0.3 is 0 Å². The summed E-state index contributed by atoms with van der Waals surface area (Å²) in [7, 11) is 2.02. The van der Waals surface area contributed by atoms with E-state index in [1.54, 1.807) is 6.07 Å². The number of rotatable bonds is 6. The van der Waals surface area contributed by atoms with Gasteiger partial charge in [-0.25, -0.2) is 0 Å². The van der Waals surface area contributed by atoms with Gasteiger partial charge in [0.15, 0.2) is 0 Å². The van der Waals surface area contributed by atoms with Crippen LogP contribution in [0.1, 0.15) is 31.7 Å². The predicted molar refractivity (Wildman–Crippen MR) is 64.2 cm³/mol. The number of nitrogens with one attached hydrogen (secondary N) is 1. The van der Waals surface area contributed by atoms with Crippen LogP contribution < -0.4 is 5.32 Å². The molecule has 0 amide bonds. The molecule has 0 aliphatic rings. The molecule has 0 fully saturated rings. The third kappa shape index (κ3) is 4.34. The molecule has 1 atom stereocenters. The van der Waals surface area contributed by atoms with Gasteiger partial charge in [-0.15, -0.1) is 0 Å². The van der Waals surface area contributed by atoms with Gasteiger partial charge in [0.25, 0.3) is 0 Å². The zero-order chi connectivity index (χ0) is 11.1. The molecule has 2 N–H and O–H groups in total. The van der Waals surface area contributed by atoms with E-state index in [1.807, 2.05) is 19.2 Å². The fourth-order valence-corrected chi connectivity index (χ4v) is 1.82. The summed E-state index contributed by atoms with van der Waals surface area (Å²) in [6.45, 7) is 2.20. The fraction of sp³-hybridized carbons (Fsp3) is 0.538. The van der Waals surface area contributed by atoms with Gasteiger partial charge in [-0.3, -0.25) is 0 Å². The third-order valence-electron chi connectivity index (χ3n) is 2.83. The standard InChI is InChI=1S/C13H21NO/c1-3-12(14-2)8-4-6-11-7-5-9-13(15)10-11/h5,7,9-10,12,14-15H,3-4,6,8H2,1-2H3. The van der Waals surface area contributed by atoms with Gasteiger partial charge in [0.1, 0.15) is 5.75 Å². The van der Waals surface area contributed by atoms with Crippen LogP contribution in [0, 0.1) is 0 Å². The van der Waals surface area contributed by atoms with E-state index in [-0.39, 0.29) is 0 Å².